The van der Waals surface area contributed by atoms with E-state index in [0.717, 1.165) is 0 Å². The van der Waals surface area contributed by atoms with Gasteiger partial charge in [-0.1, -0.05) is 6.58 Å². The van der Waals surface area contributed by atoms with Crippen molar-refractivity contribution in [2.75, 3.05) is 41.1 Å². The molecule has 0 aromatic heterocycles. The van der Waals surface area contributed by atoms with Crippen LogP contribution in [0.4, 0.5) is 0 Å². The second kappa shape index (κ2) is 8.26. The molecular formula is C11H23N3O6P+. The molecule has 1 atom stereocenters. The topological polar surface area (TPSA) is 114 Å². The molecule has 0 fully saturated rings. The molecule has 0 bridgehead atoms. The summed E-state index contributed by atoms with van der Waals surface area (Å²) in [6, 6.07) is 0. The van der Waals surface area contributed by atoms with E-state index in [1.165, 1.54) is 6.92 Å². The predicted octanol–water partition coefficient (Wildman–Crippen LogP) is -0.450. The number of phosphoric acid groups is 1. The second-order valence-corrected chi connectivity index (χ2v) is 6.81. The van der Waals surface area contributed by atoms with Crippen molar-refractivity contribution in [3.05, 3.63) is 12.2 Å². The van der Waals surface area contributed by atoms with Crippen LogP contribution in [-0.4, -0.2) is 62.3 Å². The van der Waals surface area contributed by atoms with Gasteiger partial charge in [0.2, 0.25) is 11.8 Å². The Kier molecular flexibility index (Phi) is 7.76. The van der Waals surface area contributed by atoms with Crippen LogP contribution in [-0.2, 0) is 23.2 Å². The van der Waals surface area contributed by atoms with E-state index >= 15 is 0 Å². The van der Waals surface area contributed by atoms with Crippen molar-refractivity contribution >= 4 is 19.6 Å². The minimum absolute atomic E-state index is 0.0515. The van der Waals surface area contributed by atoms with Crippen molar-refractivity contribution < 1.29 is 32.6 Å². The van der Waals surface area contributed by atoms with Crippen LogP contribution in [0.15, 0.2) is 12.2 Å². The zero-order chi connectivity index (χ0) is 16.7. The Labute approximate surface area is 124 Å². The zero-order valence-electron chi connectivity index (χ0n) is 12.7. The van der Waals surface area contributed by atoms with Crippen molar-refractivity contribution in [3.8, 4) is 0 Å². The Hall–Kier alpha value is -1.25. The molecular weight excluding hydrogens is 301 g/mol. The largest absolute Gasteiger partial charge is 0.477 e. The summed E-state index contributed by atoms with van der Waals surface area (Å²) in [6.45, 7) is 4.10. The molecule has 0 aliphatic carbocycles. The number of nitrogens with one attached hydrogen (secondary N) is 2. The summed E-state index contributed by atoms with van der Waals surface area (Å²) >= 11 is 0. The summed E-state index contributed by atoms with van der Waals surface area (Å²) in [5.74, 6) is -1.07. The van der Waals surface area contributed by atoms with Crippen LogP contribution in [0.25, 0.3) is 0 Å². The van der Waals surface area contributed by atoms with Gasteiger partial charge in [0.05, 0.1) is 27.8 Å². The minimum Gasteiger partial charge on any atom is -0.337 e. The van der Waals surface area contributed by atoms with E-state index in [-0.39, 0.29) is 13.4 Å². The van der Waals surface area contributed by atoms with Crippen LogP contribution in [0.3, 0.4) is 0 Å². The SMILES string of the molecule is C=C(C)C(=O)NCNC(=O)COP(=O)(O)OC[N+](C)(C)C. The first-order valence-electron chi connectivity index (χ1n) is 6.06. The van der Waals surface area contributed by atoms with E-state index in [2.05, 4.69) is 21.7 Å². The highest BCUT2D eigenvalue weighted by Crippen LogP contribution is 2.43. The number of carbonyl (C=O) groups excluding carboxylic acids is 2. The van der Waals surface area contributed by atoms with Gasteiger partial charge in [-0.25, -0.2) is 9.09 Å². The van der Waals surface area contributed by atoms with Gasteiger partial charge in [-0.3, -0.25) is 14.1 Å². The molecule has 0 spiro atoms. The molecule has 0 heterocycles. The summed E-state index contributed by atoms with van der Waals surface area (Å²) in [7, 11) is 0.995. The molecule has 0 rings (SSSR count). The fraction of sp³-hybridized carbons (Fsp3) is 0.636. The van der Waals surface area contributed by atoms with Gasteiger partial charge < -0.3 is 20.0 Å². The number of rotatable bonds is 9. The zero-order valence-corrected chi connectivity index (χ0v) is 13.6. The summed E-state index contributed by atoms with van der Waals surface area (Å²) in [6.07, 6.45) is 0. The molecule has 1 unspecified atom stereocenters. The lowest BCUT2D eigenvalue weighted by Gasteiger charge is -2.24. The van der Waals surface area contributed by atoms with Gasteiger partial charge in [0.15, 0.2) is 6.73 Å². The Morgan fingerprint density at radius 2 is 1.81 bits per heavy atom. The maximum atomic E-state index is 11.5. The maximum Gasteiger partial charge on any atom is 0.477 e. The van der Waals surface area contributed by atoms with Crippen LogP contribution in [0.5, 0.6) is 0 Å². The third-order valence-corrected chi connectivity index (χ3v) is 2.79. The normalized spacial score (nSPS) is 14.1. The molecule has 0 saturated carbocycles. The quantitative estimate of drug-likeness (QED) is 0.229. The van der Waals surface area contributed by atoms with Crippen molar-refractivity contribution in [1.29, 1.82) is 0 Å². The molecule has 0 aliphatic rings. The molecule has 0 saturated heterocycles. The van der Waals surface area contributed by atoms with E-state index in [9.17, 15) is 19.0 Å². The molecule has 0 aromatic carbocycles. The van der Waals surface area contributed by atoms with E-state index in [1.54, 1.807) is 21.1 Å². The highest BCUT2D eigenvalue weighted by atomic mass is 31.2. The average Bonchev–Trinajstić information content (AvgIpc) is 2.33. The minimum atomic E-state index is -4.29. The first kappa shape index (κ1) is 19.8. The smallest absolute Gasteiger partial charge is 0.337 e. The first-order valence-corrected chi connectivity index (χ1v) is 7.55. The number of quaternary nitrogens is 1. The summed E-state index contributed by atoms with van der Waals surface area (Å²) in [5.41, 5.74) is 0.300. The Morgan fingerprint density at radius 1 is 1.24 bits per heavy atom. The van der Waals surface area contributed by atoms with E-state index in [0.29, 0.717) is 10.1 Å². The highest BCUT2D eigenvalue weighted by molar-refractivity contribution is 7.47. The molecule has 9 nitrogen and oxygen atoms in total. The molecule has 122 valence electrons. The Morgan fingerprint density at radius 3 is 2.29 bits per heavy atom. The van der Waals surface area contributed by atoms with E-state index in [1.807, 2.05) is 0 Å². The Bertz CT molecular complexity index is 446. The molecule has 0 aliphatic heterocycles. The number of hydrogen-bond donors (Lipinski definition) is 3. The van der Waals surface area contributed by atoms with E-state index < -0.39 is 26.2 Å². The molecule has 0 aromatic rings. The number of carbonyl (C=O) groups is 2. The Balaban J connectivity index is 3.99. The van der Waals surface area contributed by atoms with Gasteiger partial charge in [0, 0.05) is 5.57 Å². The number of hydrogen-bond acceptors (Lipinski definition) is 5. The van der Waals surface area contributed by atoms with Crippen LogP contribution >= 0.6 is 7.82 Å². The van der Waals surface area contributed by atoms with Crippen molar-refractivity contribution in [3.63, 3.8) is 0 Å². The molecule has 0 radical (unpaired) electrons. The lowest BCUT2D eigenvalue weighted by molar-refractivity contribution is -0.887. The standard InChI is InChI=1S/C11H22N3O6P/c1-9(2)11(16)13-7-12-10(15)6-19-21(17,18)20-8-14(3,4)5/h1,6-8H2,2-5H3,(H2-,12,13,15,16,17,18)/p+1. The summed E-state index contributed by atoms with van der Waals surface area (Å²) in [4.78, 5) is 31.8. The lowest BCUT2D eigenvalue weighted by Crippen LogP contribution is -2.39. The number of phosphoric ester groups is 1. The molecule has 21 heavy (non-hydrogen) atoms. The third kappa shape index (κ3) is 11.1. The van der Waals surface area contributed by atoms with Crippen molar-refractivity contribution in [2.24, 2.45) is 0 Å². The second-order valence-electron chi connectivity index (χ2n) is 5.35. The van der Waals surface area contributed by atoms with Crippen molar-refractivity contribution in [2.45, 2.75) is 6.92 Å². The predicted molar refractivity (Wildman–Crippen MR) is 75.7 cm³/mol. The summed E-state index contributed by atoms with van der Waals surface area (Å²) in [5, 5.41) is 4.65. The van der Waals surface area contributed by atoms with Gasteiger partial charge >= 0.3 is 7.82 Å². The summed E-state index contributed by atoms with van der Waals surface area (Å²) < 4.78 is 21.0. The van der Waals surface area contributed by atoms with Crippen molar-refractivity contribution in [1.82, 2.24) is 10.6 Å². The molecule has 2 amide bonds. The average molecular weight is 324 g/mol. The number of amides is 2. The van der Waals surface area contributed by atoms with Crippen LogP contribution in [0, 0.1) is 0 Å². The number of nitrogens with zero attached hydrogens (tertiary/aromatic N) is 1. The van der Waals surface area contributed by atoms with Crippen LogP contribution in [0.1, 0.15) is 6.92 Å². The molecule has 10 heteroatoms. The molecule has 3 N–H and O–H groups in total. The lowest BCUT2D eigenvalue weighted by atomic mass is 10.3. The third-order valence-electron chi connectivity index (χ3n) is 1.89. The fourth-order valence-electron chi connectivity index (χ4n) is 0.849. The van der Waals surface area contributed by atoms with E-state index in [4.69, 9.17) is 4.52 Å². The maximum absolute atomic E-state index is 11.5. The van der Waals surface area contributed by atoms with Gasteiger partial charge in [0.25, 0.3) is 0 Å². The van der Waals surface area contributed by atoms with Gasteiger partial charge in [-0.15, -0.1) is 0 Å². The van der Waals surface area contributed by atoms with Gasteiger partial charge in [-0.2, -0.15) is 0 Å². The highest BCUT2D eigenvalue weighted by Gasteiger charge is 2.25. The monoisotopic (exact) mass is 324 g/mol. The fourth-order valence-corrected chi connectivity index (χ4v) is 1.70. The first-order chi connectivity index (χ1) is 9.43. The van der Waals surface area contributed by atoms with Gasteiger partial charge in [0.1, 0.15) is 6.61 Å². The van der Waals surface area contributed by atoms with Crippen LogP contribution < -0.4 is 10.6 Å². The van der Waals surface area contributed by atoms with Crippen LogP contribution in [0.2, 0.25) is 0 Å². The van der Waals surface area contributed by atoms with Gasteiger partial charge in [-0.05, 0) is 6.92 Å².